The van der Waals surface area contributed by atoms with Crippen LogP contribution in [0.3, 0.4) is 0 Å². The first-order valence-electron chi connectivity index (χ1n) is 8.43. The molecule has 0 spiro atoms. The molecule has 2 aromatic carbocycles. The summed E-state index contributed by atoms with van der Waals surface area (Å²) in [7, 11) is 1.78. The first kappa shape index (κ1) is 20.0. The van der Waals surface area contributed by atoms with E-state index in [2.05, 4.69) is 50.2 Å². The molecule has 1 aromatic heterocycles. The molecule has 0 radical (unpaired) electrons. The molecule has 0 atom stereocenters. The average molecular weight is 461 g/mol. The van der Waals surface area contributed by atoms with Crippen molar-refractivity contribution in [2.24, 2.45) is 4.99 Å². The maximum absolute atomic E-state index is 4.60. The zero-order valence-corrected chi connectivity index (χ0v) is 17.1. The van der Waals surface area contributed by atoms with Gasteiger partial charge in [0.05, 0.1) is 5.52 Å². The Kier molecular flexibility index (Phi) is 8.14. The number of pyridine rings is 1. The highest BCUT2D eigenvalue weighted by molar-refractivity contribution is 14.0. The summed E-state index contributed by atoms with van der Waals surface area (Å²) in [5, 5.41) is 11.1. The van der Waals surface area contributed by atoms with Crippen LogP contribution in [0.1, 0.15) is 5.56 Å². The van der Waals surface area contributed by atoms with Gasteiger partial charge in [0.2, 0.25) is 0 Å². The van der Waals surface area contributed by atoms with Crippen molar-refractivity contribution in [2.45, 2.75) is 6.54 Å². The Morgan fingerprint density at radius 2 is 1.65 bits per heavy atom. The summed E-state index contributed by atoms with van der Waals surface area (Å²) in [4.78, 5) is 8.84. The van der Waals surface area contributed by atoms with Crippen LogP contribution in [-0.2, 0) is 6.54 Å². The van der Waals surface area contributed by atoms with Crippen molar-refractivity contribution in [1.82, 2.24) is 15.6 Å². The van der Waals surface area contributed by atoms with Crippen molar-refractivity contribution >= 4 is 46.7 Å². The maximum atomic E-state index is 4.60. The van der Waals surface area contributed by atoms with E-state index in [1.165, 1.54) is 5.56 Å². The summed E-state index contributed by atoms with van der Waals surface area (Å²) in [6, 6.07) is 22.5. The van der Waals surface area contributed by atoms with Gasteiger partial charge in [-0.25, -0.2) is 4.98 Å². The van der Waals surface area contributed by atoms with Gasteiger partial charge in [-0.2, -0.15) is 0 Å². The number of fused-ring (bicyclic) bond motifs is 1. The zero-order valence-electron chi connectivity index (χ0n) is 14.8. The molecule has 0 aliphatic carbocycles. The number of rotatable bonds is 6. The third kappa shape index (κ3) is 5.87. The van der Waals surface area contributed by atoms with Crippen LogP contribution >= 0.6 is 24.0 Å². The molecule has 0 fully saturated rings. The van der Waals surface area contributed by atoms with E-state index in [9.17, 15) is 0 Å². The summed E-state index contributed by atoms with van der Waals surface area (Å²) in [5.41, 5.74) is 2.23. The molecular formula is C20H24IN5. The molecule has 0 bridgehead atoms. The van der Waals surface area contributed by atoms with Crippen LogP contribution in [0.2, 0.25) is 0 Å². The van der Waals surface area contributed by atoms with Crippen LogP contribution in [0.4, 0.5) is 5.82 Å². The minimum absolute atomic E-state index is 0. The number of nitrogens with one attached hydrogen (secondary N) is 3. The fourth-order valence-corrected chi connectivity index (χ4v) is 2.54. The summed E-state index contributed by atoms with van der Waals surface area (Å²) in [6.45, 7) is 2.26. The van der Waals surface area contributed by atoms with Crippen LogP contribution in [-0.4, -0.2) is 31.1 Å². The normalized spacial score (nSPS) is 10.9. The predicted octanol–water partition coefficient (Wildman–Crippen LogP) is 3.63. The number of guanidine groups is 1. The Bertz CT molecular complexity index is 836. The van der Waals surface area contributed by atoms with E-state index in [0.717, 1.165) is 42.3 Å². The molecule has 0 amide bonds. The number of nitrogens with zero attached hydrogens (tertiary/aromatic N) is 2. The molecule has 1 heterocycles. The Hall–Kier alpha value is -2.35. The second-order valence-corrected chi connectivity index (χ2v) is 5.65. The Morgan fingerprint density at radius 3 is 2.46 bits per heavy atom. The highest BCUT2D eigenvalue weighted by Gasteiger charge is 1.99. The van der Waals surface area contributed by atoms with Crippen LogP contribution in [0.5, 0.6) is 0 Å². The summed E-state index contributed by atoms with van der Waals surface area (Å²) in [5.74, 6) is 1.67. The summed E-state index contributed by atoms with van der Waals surface area (Å²) in [6.07, 6.45) is 0. The number of para-hydroxylation sites is 1. The molecule has 0 saturated carbocycles. The lowest BCUT2D eigenvalue weighted by Gasteiger charge is -2.12. The molecule has 136 valence electrons. The van der Waals surface area contributed by atoms with Crippen LogP contribution in [0.25, 0.3) is 10.9 Å². The van der Waals surface area contributed by atoms with Gasteiger partial charge < -0.3 is 16.0 Å². The third-order valence-electron chi connectivity index (χ3n) is 3.85. The summed E-state index contributed by atoms with van der Waals surface area (Å²) >= 11 is 0. The fourth-order valence-electron chi connectivity index (χ4n) is 2.54. The van der Waals surface area contributed by atoms with E-state index in [4.69, 9.17) is 0 Å². The highest BCUT2D eigenvalue weighted by Crippen LogP contribution is 2.14. The van der Waals surface area contributed by atoms with E-state index in [0.29, 0.717) is 0 Å². The standard InChI is InChI=1S/C20H23N5.HI/c1-21-20(24-15-16-7-3-2-4-8-16)23-14-13-22-19-12-11-17-9-5-6-10-18(17)25-19;/h2-12H,13-15H2,1H3,(H,22,25)(H2,21,23,24);1H. The summed E-state index contributed by atoms with van der Waals surface area (Å²) < 4.78 is 0. The quantitative estimate of drug-likeness (QED) is 0.227. The van der Waals surface area contributed by atoms with Crippen molar-refractivity contribution in [2.75, 3.05) is 25.5 Å². The van der Waals surface area contributed by atoms with Gasteiger partial charge >= 0.3 is 0 Å². The van der Waals surface area contributed by atoms with Crippen molar-refractivity contribution in [3.8, 4) is 0 Å². The lowest BCUT2D eigenvalue weighted by molar-refractivity contribution is 0.812. The third-order valence-corrected chi connectivity index (χ3v) is 3.85. The number of hydrogen-bond donors (Lipinski definition) is 3. The smallest absolute Gasteiger partial charge is 0.191 e. The second-order valence-electron chi connectivity index (χ2n) is 5.65. The van der Waals surface area contributed by atoms with E-state index >= 15 is 0 Å². The fraction of sp³-hybridized carbons (Fsp3) is 0.200. The molecule has 26 heavy (non-hydrogen) atoms. The number of aromatic nitrogens is 1. The van der Waals surface area contributed by atoms with E-state index in [1.54, 1.807) is 7.05 Å². The lowest BCUT2D eigenvalue weighted by atomic mass is 10.2. The molecule has 3 rings (SSSR count). The predicted molar refractivity (Wildman–Crippen MR) is 120 cm³/mol. The van der Waals surface area contributed by atoms with Gasteiger partial charge in [-0.05, 0) is 23.8 Å². The van der Waals surface area contributed by atoms with Gasteiger partial charge in [0, 0.05) is 32.1 Å². The van der Waals surface area contributed by atoms with Crippen LogP contribution in [0, 0.1) is 0 Å². The molecular weight excluding hydrogens is 437 g/mol. The SMILES string of the molecule is CN=C(NCCNc1ccc2ccccc2n1)NCc1ccccc1.I. The molecule has 5 nitrogen and oxygen atoms in total. The van der Waals surface area contributed by atoms with Gasteiger partial charge in [0.25, 0.3) is 0 Å². The maximum Gasteiger partial charge on any atom is 0.191 e. The van der Waals surface area contributed by atoms with Crippen molar-refractivity contribution in [1.29, 1.82) is 0 Å². The molecule has 0 unspecified atom stereocenters. The molecule has 0 aliphatic heterocycles. The van der Waals surface area contributed by atoms with E-state index in [1.807, 2.05) is 42.5 Å². The Labute approximate surface area is 171 Å². The molecule has 0 saturated heterocycles. The van der Waals surface area contributed by atoms with Gasteiger partial charge in [-0.3, -0.25) is 4.99 Å². The minimum atomic E-state index is 0. The monoisotopic (exact) mass is 461 g/mol. The molecule has 6 heteroatoms. The van der Waals surface area contributed by atoms with Gasteiger partial charge in [-0.1, -0.05) is 48.5 Å². The minimum Gasteiger partial charge on any atom is -0.368 e. The lowest BCUT2D eigenvalue weighted by Crippen LogP contribution is -2.39. The number of aliphatic imine (C=N–C) groups is 1. The number of anilines is 1. The van der Waals surface area contributed by atoms with Crippen molar-refractivity contribution in [3.05, 3.63) is 72.3 Å². The Balaban J connectivity index is 0.00000243. The Morgan fingerprint density at radius 1 is 0.885 bits per heavy atom. The van der Waals surface area contributed by atoms with Crippen LogP contribution in [0.15, 0.2) is 71.7 Å². The van der Waals surface area contributed by atoms with E-state index < -0.39 is 0 Å². The molecule has 3 N–H and O–H groups in total. The number of halogens is 1. The van der Waals surface area contributed by atoms with E-state index in [-0.39, 0.29) is 24.0 Å². The number of hydrogen-bond acceptors (Lipinski definition) is 3. The van der Waals surface area contributed by atoms with Crippen LogP contribution < -0.4 is 16.0 Å². The average Bonchev–Trinajstić information content (AvgIpc) is 2.68. The van der Waals surface area contributed by atoms with Crippen molar-refractivity contribution in [3.63, 3.8) is 0 Å². The first-order valence-corrected chi connectivity index (χ1v) is 8.43. The first-order chi connectivity index (χ1) is 12.3. The largest absolute Gasteiger partial charge is 0.368 e. The molecule has 3 aromatic rings. The number of benzene rings is 2. The zero-order chi connectivity index (χ0) is 17.3. The topological polar surface area (TPSA) is 61.3 Å². The molecule has 0 aliphatic rings. The van der Waals surface area contributed by atoms with Gasteiger partial charge in [0.1, 0.15) is 5.82 Å². The highest BCUT2D eigenvalue weighted by atomic mass is 127. The van der Waals surface area contributed by atoms with Gasteiger partial charge in [-0.15, -0.1) is 24.0 Å². The van der Waals surface area contributed by atoms with Crippen molar-refractivity contribution < 1.29 is 0 Å². The second kappa shape index (κ2) is 10.6. The van der Waals surface area contributed by atoms with Gasteiger partial charge in [0.15, 0.2) is 5.96 Å².